The van der Waals surface area contributed by atoms with Gasteiger partial charge in [0.2, 0.25) is 5.88 Å². The lowest BCUT2D eigenvalue weighted by Crippen LogP contribution is -2.39. The van der Waals surface area contributed by atoms with Crippen LogP contribution in [0.25, 0.3) is 0 Å². The molecule has 1 fully saturated rings. The van der Waals surface area contributed by atoms with Gasteiger partial charge in [-0.25, -0.2) is 4.98 Å². The van der Waals surface area contributed by atoms with Crippen molar-refractivity contribution in [2.45, 2.75) is 32.0 Å². The summed E-state index contributed by atoms with van der Waals surface area (Å²) in [6.45, 7) is 7.27. The zero-order chi connectivity index (χ0) is 12.0. The van der Waals surface area contributed by atoms with E-state index in [4.69, 9.17) is 9.47 Å². The molecule has 1 aromatic rings. The van der Waals surface area contributed by atoms with Crippen LogP contribution >= 0.6 is 11.8 Å². The van der Waals surface area contributed by atoms with Gasteiger partial charge in [0.15, 0.2) is 5.16 Å². The molecule has 1 aliphatic heterocycles. The summed E-state index contributed by atoms with van der Waals surface area (Å²) in [5.74, 6) is 0.678. The zero-order valence-corrected chi connectivity index (χ0v) is 11.0. The molecule has 0 amide bonds. The van der Waals surface area contributed by atoms with Gasteiger partial charge in [0, 0.05) is 11.8 Å². The minimum atomic E-state index is 0.165. The van der Waals surface area contributed by atoms with Crippen LogP contribution in [-0.4, -0.2) is 35.5 Å². The van der Waals surface area contributed by atoms with Crippen LogP contribution in [0.15, 0.2) is 11.4 Å². The fraction of sp³-hybridized carbons (Fsp3) is 0.636. The molecule has 2 rings (SSSR count). The van der Waals surface area contributed by atoms with Crippen molar-refractivity contribution in [3.8, 4) is 5.88 Å². The van der Waals surface area contributed by atoms with E-state index in [0.29, 0.717) is 19.1 Å². The lowest BCUT2D eigenvalue weighted by Gasteiger charge is -2.26. The van der Waals surface area contributed by atoms with Crippen molar-refractivity contribution in [2.24, 2.45) is 0 Å². The molecule has 1 saturated heterocycles. The van der Waals surface area contributed by atoms with Crippen molar-refractivity contribution in [1.29, 1.82) is 0 Å². The van der Waals surface area contributed by atoms with Crippen molar-refractivity contribution in [3.63, 3.8) is 0 Å². The predicted molar refractivity (Wildman–Crippen MR) is 65.1 cm³/mol. The number of ether oxygens (including phenoxy) is 2. The molecule has 0 bridgehead atoms. The molecule has 90 valence electrons. The first-order valence-electron chi connectivity index (χ1n) is 5.41. The Morgan fingerprint density at radius 3 is 2.62 bits per heavy atom. The topological polar surface area (TPSA) is 44.2 Å². The molecule has 4 nitrogen and oxygen atoms in total. The molecule has 0 N–H and O–H groups in total. The average Bonchev–Trinajstić information content (AvgIpc) is 2.28. The zero-order valence-electron chi connectivity index (χ0n) is 10.2. The summed E-state index contributed by atoms with van der Waals surface area (Å²) >= 11 is 1.51. The molecule has 0 spiro atoms. The van der Waals surface area contributed by atoms with E-state index in [1.54, 1.807) is 6.20 Å². The van der Waals surface area contributed by atoms with Crippen LogP contribution in [0.2, 0.25) is 0 Å². The maximum absolute atomic E-state index is 5.63. The van der Waals surface area contributed by atoms with Crippen molar-refractivity contribution in [1.82, 2.24) is 9.97 Å². The third-order valence-electron chi connectivity index (χ3n) is 1.97. The Morgan fingerprint density at radius 1 is 1.44 bits per heavy atom. The van der Waals surface area contributed by atoms with E-state index in [9.17, 15) is 0 Å². The van der Waals surface area contributed by atoms with Gasteiger partial charge in [0.25, 0.3) is 0 Å². The van der Waals surface area contributed by atoms with Gasteiger partial charge in [-0.05, 0) is 13.2 Å². The average molecular weight is 242 g/mol. The highest BCUT2D eigenvalue weighted by Crippen LogP contribution is 2.20. The minimum Gasteiger partial charge on any atom is -0.469 e. The van der Waals surface area contributed by atoms with Crippen LogP contribution in [0.4, 0.5) is 0 Å². The van der Waals surface area contributed by atoms with Gasteiger partial charge in [-0.15, -0.1) is 0 Å². The van der Waals surface area contributed by atoms with E-state index >= 15 is 0 Å². The van der Waals surface area contributed by atoms with Crippen LogP contribution in [0.3, 0.4) is 0 Å². The predicted octanol–water partition coefficient (Wildman–Crippen LogP) is 2.31. The van der Waals surface area contributed by atoms with Gasteiger partial charge in [-0.2, -0.15) is 4.98 Å². The van der Waals surface area contributed by atoms with Crippen LogP contribution in [-0.2, 0) is 4.74 Å². The Kier molecular flexibility index (Phi) is 5.55. The van der Waals surface area contributed by atoms with Gasteiger partial charge in [0.1, 0.15) is 6.10 Å². The molecule has 0 aliphatic carbocycles. The maximum Gasteiger partial charge on any atom is 0.220 e. The summed E-state index contributed by atoms with van der Waals surface area (Å²) in [6.07, 6.45) is 3.90. The van der Waals surface area contributed by atoms with Gasteiger partial charge in [-0.3, -0.25) is 0 Å². The molecule has 0 atom stereocenters. The van der Waals surface area contributed by atoms with Crippen LogP contribution in [0, 0.1) is 6.92 Å². The van der Waals surface area contributed by atoms with Crippen molar-refractivity contribution >= 4 is 11.8 Å². The Morgan fingerprint density at radius 2 is 2.12 bits per heavy atom. The largest absolute Gasteiger partial charge is 0.469 e. The third kappa shape index (κ3) is 3.35. The lowest BCUT2D eigenvalue weighted by molar-refractivity contribution is -0.0818. The van der Waals surface area contributed by atoms with Crippen LogP contribution in [0.5, 0.6) is 5.88 Å². The fourth-order valence-corrected chi connectivity index (χ4v) is 1.40. The van der Waals surface area contributed by atoms with Crippen LogP contribution in [0.1, 0.15) is 19.4 Å². The van der Waals surface area contributed by atoms with E-state index in [0.717, 1.165) is 10.7 Å². The van der Waals surface area contributed by atoms with E-state index in [1.807, 2.05) is 27.0 Å². The number of aryl methyl sites for hydroxylation is 1. The first-order valence-corrected chi connectivity index (χ1v) is 6.64. The van der Waals surface area contributed by atoms with Gasteiger partial charge >= 0.3 is 0 Å². The molecule has 2 heterocycles. The molecule has 0 saturated carbocycles. The van der Waals surface area contributed by atoms with Gasteiger partial charge in [0.05, 0.1) is 13.2 Å². The standard InChI is InChI=1S/C9H12N2O2S.C2H6/c1-6-3-10-9(14-2)11-8(6)13-7-4-12-5-7;1-2/h3,7H,4-5H2,1-2H3;1-2H3. The molecule has 1 aliphatic rings. The summed E-state index contributed by atoms with van der Waals surface area (Å²) in [6, 6.07) is 0. The second-order valence-electron chi connectivity index (χ2n) is 3.12. The number of rotatable bonds is 3. The highest BCUT2D eigenvalue weighted by atomic mass is 32.2. The SMILES string of the molecule is CC.CSc1ncc(C)c(OC2COC2)n1. The molecule has 16 heavy (non-hydrogen) atoms. The van der Waals surface area contributed by atoms with E-state index in [2.05, 4.69) is 9.97 Å². The second-order valence-corrected chi connectivity index (χ2v) is 3.90. The third-order valence-corrected chi connectivity index (χ3v) is 2.53. The maximum atomic E-state index is 5.63. The summed E-state index contributed by atoms with van der Waals surface area (Å²) in [7, 11) is 0. The fourth-order valence-electron chi connectivity index (χ4n) is 1.07. The monoisotopic (exact) mass is 242 g/mol. The Hall–Kier alpha value is -0.810. The van der Waals surface area contributed by atoms with Crippen molar-refractivity contribution < 1.29 is 9.47 Å². The molecule has 0 unspecified atom stereocenters. The normalized spacial score (nSPS) is 14.8. The molecule has 0 radical (unpaired) electrons. The molecular formula is C11H18N2O2S. The summed E-state index contributed by atoms with van der Waals surface area (Å²) in [5.41, 5.74) is 0.967. The quantitative estimate of drug-likeness (QED) is 0.601. The van der Waals surface area contributed by atoms with Crippen molar-refractivity contribution in [2.75, 3.05) is 19.5 Å². The first-order chi connectivity index (χ1) is 7.79. The molecular weight excluding hydrogens is 224 g/mol. The van der Waals surface area contributed by atoms with E-state index in [-0.39, 0.29) is 6.10 Å². The first kappa shape index (κ1) is 13.3. The second kappa shape index (κ2) is 6.70. The smallest absolute Gasteiger partial charge is 0.220 e. The number of hydrogen-bond acceptors (Lipinski definition) is 5. The molecule has 0 aromatic carbocycles. The highest BCUT2D eigenvalue weighted by Gasteiger charge is 2.21. The summed E-state index contributed by atoms with van der Waals surface area (Å²) < 4.78 is 10.7. The number of aromatic nitrogens is 2. The van der Waals surface area contributed by atoms with E-state index < -0.39 is 0 Å². The summed E-state index contributed by atoms with van der Waals surface area (Å²) in [5, 5.41) is 0.742. The van der Waals surface area contributed by atoms with Gasteiger partial charge in [-0.1, -0.05) is 25.6 Å². The molecule has 1 aromatic heterocycles. The van der Waals surface area contributed by atoms with Crippen molar-refractivity contribution in [3.05, 3.63) is 11.8 Å². The Bertz CT molecular complexity index is 330. The summed E-state index contributed by atoms with van der Waals surface area (Å²) in [4.78, 5) is 8.44. The Balaban J connectivity index is 0.000000606. The number of thioether (sulfide) groups is 1. The van der Waals surface area contributed by atoms with E-state index in [1.165, 1.54) is 11.8 Å². The van der Waals surface area contributed by atoms with Gasteiger partial charge < -0.3 is 9.47 Å². The molecule has 5 heteroatoms. The highest BCUT2D eigenvalue weighted by molar-refractivity contribution is 7.98. The number of nitrogens with zero attached hydrogens (tertiary/aromatic N) is 2. The number of hydrogen-bond donors (Lipinski definition) is 0. The Labute approximate surface area is 101 Å². The van der Waals surface area contributed by atoms with Crippen LogP contribution < -0.4 is 4.74 Å². The minimum absolute atomic E-state index is 0.165. The lowest BCUT2D eigenvalue weighted by atomic mass is 10.3.